The van der Waals surface area contributed by atoms with Crippen LogP contribution in [0.3, 0.4) is 0 Å². The summed E-state index contributed by atoms with van der Waals surface area (Å²) in [7, 11) is 0. The van der Waals surface area contributed by atoms with E-state index in [1.165, 1.54) is 0 Å². The summed E-state index contributed by atoms with van der Waals surface area (Å²) in [6, 6.07) is 33.8. The molecular formula is C30H25Cl2NO2. The Kier molecular flexibility index (Phi) is 8.36. The molecule has 4 aromatic rings. The number of rotatable bonds is 8. The van der Waals surface area contributed by atoms with Crippen LogP contribution in [0.25, 0.3) is 0 Å². The molecule has 4 aromatic carbocycles. The molecule has 1 atom stereocenters. The van der Waals surface area contributed by atoms with Gasteiger partial charge in [0.15, 0.2) is 6.04 Å². The van der Waals surface area contributed by atoms with E-state index in [1.807, 2.05) is 109 Å². The zero-order valence-electron chi connectivity index (χ0n) is 19.3. The number of esters is 1. The molecule has 0 aliphatic carbocycles. The van der Waals surface area contributed by atoms with E-state index >= 15 is 0 Å². The largest absolute Gasteiger partial charge is 0.464 e. The third-order valence-corrected chi connectivity index (χ3v) is 6.09. The van der Waals surface area contributed by atoms with E-state index in [9.17, 15) is 4.79 Å². The van der Waals surface area contributed by atoms with Crippen molar-refractivity contribution in [2.45, 2.75) is 18.9 Å². The average molecular weight is 502 g/mol. The zero-order valence-corrected chi connectivity index (χ0v) is 20.8. The molecule has 0 aliphatic rings. The van der Waals surface area contributed by atoms with Crippen molar-refractivity contribution in [3.8, 4) is 0 Å². The molecule has 5 heteroatoms. The van der Waals surface area contributed by atoms with Crippen LogP contribution in [-0.4, -0.2) is 24.3 Å². The number of halogens is 2. The Bertz CT molecular complexity index is 1220. The summed E-state index contributed by atoms with van der Waals surface area (Å²) in [6.07, 6.45) is 0. The normalized spacial score (nSPS) is 11.7. The summed E-state index contributed by atoms with van der Waals surface area (Å²) >= 11 is 12.7. The molecule has 0 bridgehead atoms. The van der Waals surface area contributed by atoms with Crippen molar-refractivity contribution in [2.75, 3.05) is 6.61 Å². The van der Waals surface area contributed by atoms with Crippen molar-refractivity contribution in [1.82, 2.24) is 0 Å². The van der Waals surface area contributed by atoms with Crippen LogP contribution in [0.4, 0.5) is 0 Å². The summed E-state index contributed by atoms with van der Waals surface area (Å²) < 4.78 is 5.55. The fourth-order valence-electron chi connectivity index (χ4n) is 4.09. The van der Waals surface area contributed by atoms with Gasteiger partial charge in [0.05, 0.1) is 12.3 Å². The Morgan fingerprint density at radius 2 is 1.23 bits per heavy atom. The van der Waals surface area contributed by atoms with E-state index in [0.29, 0.717) is 15.8 Å². The third-order valence-electron chi connectivity index (χ3n) is 5.62. The van der Waals surface area contributed by atoms with Gasteiger partial charge in [0.2, 0.25) is 0 Å². The number of hydrogen-bond acceptors (Lipinski definition) is 3. The van der Waals surface area contributed by atoms with Gasteiger partial charge in [-0.1, -0.05) is 108 Å². The van der Waals surface area contributed by atoms with Gasteiger partial charge in [0.1, 0.15) is 0 Å². The molecule has 176 valence electrons. The highest BCUT2D eigenvalue weighted by Crippen LogP contribution is 2.34. The molecule has 0 saturated carbocycles. The summed E-state index contributed by atoms with van der Waals surface area (Å²) in [5.74, 6) is -0.879. The van der Waals surface area contributed by atoms with Crippen LogP contribution in [0.15, 0.2) is 114 Å². The van der Waals surface area contributed by atoms with E-state index in [4.69, 9.17) is 32.9 Å². The minimum atomic E-state index is -0.873. The minimum Gasteiger partial charge on any atom is -0.464 e. The summed E-state index contributed by atoms with van der Waals surface area (Å²) in [5.41, 5.74) is 4.22. The van der Waals surface area contributed by atoms with E-state index in [0.717, 1.165) is 22.3 Å². The number of aliphatic imine (C=N–C) groups is 1. The van der Waals surface area contributed by atoms with Crippen molar-refractivity contribution >= 4 is 34.9 Å². The Morgan fingerprint density at radius 3 is 1.66 bits per heavy atom. The quantitative estimate of drug-likeness (QED) is 0.184. The molecular weight excluding hydrogens is 477 g/mol. The van der Waals surface area contributed by atoms with E-state index < -0.39 is 17.9 Å². The molecule has 0 aromatic heterocycles. The second-order valence-electron chi connectivity index (χ2n) is 7.99. The van der Waals surface area contributed by atoms with Gasteiger partial charge in [-0.25, -0.2) is 4.79 Å². The summed E-state index contributed by atoms with van der Waals surface area (Å²) in [6.45, 7) is 2.04. The van der Waals surface area contributed by atoms with Gasteiger partial charge in [0.25, 0.3) is 0 Å². The number of nitrogens with zero attached hydrogens (tertiary/aromatic N) is 1. The fourth-order valence-corrected chi connectivity index (χ4v) is 4.49. The lowest BCUT2D eigenvalue weighted by Gasteiger charge is -2.25. The maximum absolute atomic E-state index is 13.5. The average Bonchev–Trinajstić information content (AvgIpc) is 2.87. The van der Waals surface area contributed by atoms with E-state index in [-0.39, 0.29) is 6.61 Å². The van der Waals surface area contributed by atoms with Gasteiger partial charge in [-0.15, -0.1) is 0 Å². The highest BCUT2D eigenvalue weighted by atomic mass is 35.5. The van der Waals surface area contributed by atoms with Crippen molar-refractivity contribution in [3.63, 3.8) is 0 Å². The lowest BCUT2D eigenvalue weighted by atomic mass is 9.84. The topological polar surface area (TPSA) is 38.7 Å². The molecule has 3 nitrogen and oxygen atoms in total. The van der Waals surface area contributed by atoms with Gasteiger partial charge < -0.3 is 4.74 Å². The predicted octanol–water partition coefficient (Wildman–Crippen LogP) is 7.59. The fraction of sp³-hybridized carbons (Fsp3) is 0.133. The van der Waals surface area contributed by atoms with Crippen LogP contribution in [0, 0.1) is 0 Å². The summed E-state index contributed by atoms with van der Waals surface area (Å²) in [5, 5.41) is 1.15. The molecule has 0 aliphatic heterocycles. The first-order chi connectivity index (χ1) is 17.1. The second kappa shape index (κ2) is 11.8. The van der Waals surface area contributed by atoms with Crippen LogP contribution in [0.2, 0.25) is 10.0 Å². The highest BCUT2D eigenvalue weighted by Gasteiger charge is 2.33. The third kappa shape index (κ3) is 6.19. The molecule has 0 fully saturated rings. The SMILES string of the molecule is CCOC(=O)C(N=C(c1ccccc1)c1ccccc1)C(c1cccc(Cl)c1)c1cccc(Cl)c1. The predicted molar refractivity (Wildman–Crippen MR) is 144 cm³/mol. The smallest absolute Gasteiger partial charge is 0.331 e. The first-order valence-corrected chi connectivity index (χ1v) is 12.2. The van der Waals surface area contributed by atoms with Crippen LogP contribution in [0.1, 0.15) is 35.1 Å². The van der Waals surface area contributed by atoms with Gasteiger partial charge in [-0.3, -0.25) is 4.99 Å². The number of hydrogen-bond donors (Lipinski definition) is 0. The minimum absolute atomic E-state index is 0.245. The Balaban J connectivity index is 1.96. The van der Waals surface area contributed by atoms with Crippen molar-refractivity contribution in [3.05, 3.63) is 141 Å². The van der Waals surface area contributed by atoms with Crippen LogP contribution < -0.4 is 0 Å². The second-order valence-corrected chi connectivity index (χ2v) is 8.87. The standard InChI is InChI=1S/C30H25Cl2NO2/c1-2-35-30(34)29(33-28(21-11-5-3-6-12-21)22-13-7-4-8-14-22)27(23-15-9-17-25(31)19-23)24-16-10-18-26(32)20-24/h3-20,27,29H,2H2,1H3. The lowest BCUT2D eigenvalue weighted by molar-refractivity contribution is -0.144. The number of carbonyl (C=O) groups is 1. The summed E-state index contributed by atoms with van der Waals surface area (Å²) in [4.78, 5) is 18.6. The van der Waals surface area contributed by atoms with Crippen LogP contribution >= 0.6 is 23.2 Å². The number of benzene rings is 4. The van der Waals surface area contributed by atoms with Gasteiger partial charge in [-0.2, -0.15) is 0 Å². The molecule has 0 amide bonds. The molecule has 0 N–H and O–H groups in total. The highest BCUT2D eigenvalue weighted by molar-refractivity contribution is 6.31. The molecule has 4 rings (SSSR count). The Morgan fingerprint density at radius 1 is 0.743 bits per heavy atom. The number of ether oxygens (including phenoxy) is 1. The Hall–Kier alpha value is -3.40. The van der Waals surface area contributed by atoms with Crippen molar-refractivity contribution < 1.29 is 9.53 Å². The Labute approximate surface area is 216 Å². The molecule has 0 heterocycles. The number of carbonyl (C=O) groups excluding carboxylic acids is 1. The first-order valence-electron chi connectivity index (χ1n) is 11.4. The van der Waals surface area contributed by atoms with Crippen LogP contribution in [0.5, 0.6) is 0 Å². The van der Waals surface area contributed by atoms with E-state index in [2.05, 4.69) is 0 Å². The monoisotopic (exact) mass is 501 g/mol. The van der Waals surface area contributed by atoms with Gasteiger partial charge >= 0.3 is 5.97 Å². The molecule has 1 unspecified atom stereocenters. The molecule has 0 saturated heterocycles. The van der Waals surface area contributed by atoms with Gasteiger partial charge in [-0.05, 0) is 42.3 Å². The molecule has 35 heavy (non-hydrogen) atoms. The van der Waals surface area contributed by atoms with Crippen LogP contribution in [-0.2, 0) is 9.53 Å². The zero-order chi connectivity index (χ0) is 24.6. The molecule has 0 radical (unpaired) electrons. The first kappa shape index (κ1) is 24.7. The lowest BCUT2D eigenvalue weighted by Crippen LogP contribution is -2.31. The maximum Gasteiger partial charge on any atom is 0.331 e. The van der Waals surface area contributed by atoms with Gasteiger partial charge in [0, 0.05) is 27.1 Å². The van der Waals surface area contributed by atoms with Crippen molar-refractivity contribution in [2.24, 2.45) is 4.99 Å². The van der Waals surface area contributed by atoms with Crippen molar-refractivity contribution in [1.29, 1.82) is 0 Å². The molecule has 0 spiro atoms. The van der Waals surface area contributed by atoms with E-state index in [1.54, 1.807) is 6.92 Å². The maximum atomic E-state index is 13.5.